The second-order valence-electron chi connectivity index (χ2n) is 7.75. The number of hydrogen-bond acceptors (Lipinski definition) is 3. The van der Waals surface area contributed by atoms with Crippen molar-refractivity contribution in [1.82, 2.24) is 4.90 Å². The molecule has 0 aliphatic carbocycles. The van der Waals surface area contributed by atoms with Crippen molar-refractivity contribution in [2.75, 3.05) is 11.4 Å². The van der Waals surface area contributed by atoms with Crippen molar-refractivity contribution < 1.29 is 14.3 Å². The maximum atomic E-state index is 12.3. The summed E-state index contributed by atoms with van der Waals surface area (Å²) in [4.78, 5) is 28.1. The van der Waals surface area contributed by atoms with E-state index in [1.165, 1.54) is 0 Å². The Morgan fingerprint density at radius 2 is 1.79 bits per heavy atom. The molecule has 2 amide bonds. The van der Waals surface area contributed by atoms with Gasteiger partial charge in [0.15, 0.2) is 0 Å². The molecule has 0 unspecified atom stereocenters. The number of anilines is 1. The molecule has 1 aromatic carbocycles. The van der Waals surface area contributed by atoms with E-state index in [0.29, 0.717) is 19.5 Å². The van der Waals surface area contributed by atoms with E-state index < -0.39 is 5.60 Å². The summed E-state index contributed by atoms with van der Waals surface area (Å²) in [7, 11) is 0. The van der Waals surface area contributed by atoms with E-state index in [1.807, 2.05) is 32.6 Å². The molecule has 0 spiro atoms. The first-order valence-corrected chi connectivity index (χ1v) is 8.65. The summed E-state index contributed by atoms with van der Waals surface area (Å²) >= 11 is 0. The summed E-state index contributed by atoms with van der Waals surface area (Å²) in [5.74, 6) is 0.200. The van der Waals surface area contributed by atoms with Gasteiger partial charge in [-0.05, 0) is 63.3 Å². The number of carbonyl (C=O) groups excluding carboxylic acids is 2. The zero-order chi connectivity index (χ0) is 17.5. The highest BCUT2D eigenvalue weighted by Gasteiger charge is 2.29. The van der Waals surface area contributed by atoms with Crippen molar-refractivity contribution >= 4 is 17.7 Å². The average molecular weight is 330 g/mol. The fourth-order valence-corrected chi connectivity index (χ4v) is 3.37. The third-order valence-electron chi connectivity index (χ3n) is 4.51. The molecule has 130 valence electrons. The van der Waals surface area contributed by atoms with Gasteiger partial charge in [-0.3, -0.25) is 9.69 Å². The number of nitrogens with zero attached hydrogens (tertiary/aromatic N) is 2. The van der Waals surface area contributed by atoms with E-state index >= 15 is 0 Å². The number of benzene rings is 1. The molecule has 24 heavy (non-hydrogen) atoms. The molecule has 0 bridgehead atoms. The molecule has 2 heterocycles. The Hall–Kier alpha value is -2.04. The molecule has 2 aliphatic heterocycles. The predicted octanol–water partition coefficient (Wildman–Crippen LogP) is 3.76. The van der Waals surface area contributed by atoms with Gasteiger partial charge in [-0.2, -0.15) is 0 Å². The third kappa shape index (κ3) is 3.40. The van der Waals surface area contributed by atoms with Gasteiger partial charge in [0.2, 0.25) is 5.91 Å². The van der Waals surface area contributed by atoms with Crippen LogP contribution in [0, 0.1) is 6.92 Å². The zero-order valence-electron chi connectivity index (χ0n) is 15.0. The quantitative estimate of drug-likeness (QED) is 0.788. The van der Waals surface area contributed by atoms with Crippen LogP contribution in [0.5, 0.6) is 0 Å². The molecule has 5 heteroatoms. The standard InChI is InChI=1S/C19H26N2O3/c1-13-9-14-11-20(18(23)24-19(2,3)4)12-15(14)10-16(13)21-8-6-5-7-17(21)22/h9-10H,5-8,11-12H2,1-4H3. The maximum Gasteiger partial charge on any atom is 0.410 e. The van der Waals surface area contributed by atoms with Gasteiger partial charge in [0.1, 0.15) is 5.60 Å². The number of aryl methyl sites for hydroxylation is 1. The van der Waals surface area contributed by atoms with Gasteiger partial charge in [0, 0.05) is 31.7 Å². The van der Waals surface area contributed by atoms with Crippen molar-refractivity contribution in [3.8, 4) is 0 Å². The number of fused-ring (bicyclic) bond motifs is 1. The second-order valence-corrected chi connectivity index (χ2v) is 7.75. The number of carbonyl (C=O) groups is 2. The Morgan fingerprint density at radius 3 is 2.42 bits per heavy atom. The first-order chi connectivity index (χ1) is 11.2. The molecule has 0 radical (unpaired) electrons. The first-order valence-electron chi connectivity index (χ1n) is 8.65. The van der Waals surface area contributed by atoms with Gasteiger partial charge in [0.25, 0.3) is 0 Å². The van der Waals surface area contributed by atoms with Crippen LogP contribution in [-0.2, 0) is 22.6 Å². The summed E-state index contributed by atoms with van der Waals surface area (Å²) in [5, 5.41) is 0. The lowest BCUT2D eigenvalue weighted by atomic mass is 10.0. The lowest BCUT2D eigenvalue weighted by Crippen LogP contribution is -2.35. The van der Waals surface area contributed by atoms with E-state index in [-0.39, 0.29) is 12.0 Å². The molecule has 1 aromatic rings. The average Bonchev–Trinajstić information content (AvgIpc) is 2.88. The molecule has 0 atom stereocenters. The minimum Gasteiger partial charge on any atom is -0.444 e. The number of piperidine rings is 1. The smallest absolute Gasteiger partial charge is 0.410 e. The highest BCUT2D eigenvalue weighted by atomic mass is 16.6. The van der Waals surface area contributed by atoms with E-state index in [0.717, 1.165) is 41.8 Å². The largest absolute Gasteiger partial charge is 0.444 e. The Kier molecular flexibility index (Phi) is 4.28. The first kappa shape index (κ1) is 16.8. The van der Waals surface area contributed by atoms with E-state index in [1.54, 1.807) is 4.90 Å². The van der Waals surface area contributed by atoms with Gasteiger partial charge < -0.3 is 9.64 Å². The van der Waals surface area contributed by atoms with E-state index in [9.17, 15) is 9.59 Å². The van der Waals surface area contributed by atoms with Crippen molar-refractivity contribution in [3.05, 3.63) is 28.8 Å². The van der Waals surface area contributed by atoms with Crippen molar-refractivity contribution in [2.45, 2.75) is 65.6 Å². The number of amides is 2. The van der Waals surface area contributed by atoms with Gasteiger partial charge >= 0.3 is 6.09 Å². The molecule has 5 nitrogen and oxygen atoms in total. The minimum atomic E-state index is -0.493. The SMILES string of the molecule is Cc1cc2c(cc1N1CCCCC1=O)CN(C(=O)OC(C)(C)C)C2. The monoisotopic (exact) mass is 330 g/mol. The summed E-state index contributed by atoms with van der Waals surface area (Å²) in [6.07, 6.45) is 2.37. The second kappa shape index (κ2) is 6.11. The summed E-state index contributed by atoms with van der Waals surface area (Å²) in [6.45, 7) is 9.55. The summed E-state index contributed by atoms with van der Waals surface area (Å²) in [6, 6.07) is 4.19. The lowest BCUT2D eigenvalue weighted by molar-refractivity contribution is -0.119. The fraction of sp³-hybridized carbons (Fsp3) is 0.579. The van der Waals surface area contributed by atoms with Crippen molar-refractivity contribution in [2.24, 2.45) is 0 Å². The molecule has 0 N–H and O–H groups in total. The molecular formula is C19H26N2O3. The van der Waals surface area contributed by atoms with Crippen LogP contribution >= 0.6 is 0 Å². The Bertz CT molecular complexity index is 676. The molecule has 2 aliphatic rings. The molecule has 3 rings (SSSR count). The predicted molar refractivity (Wildman–Crippen MR) is 92.9 cm³/mol. The van der Waals surface area contributed by atoms with Crippen LogP contribution in [0.1, 0.15) is 56.7 Å². The topological polar surface area (TPSA) is 49.9 Å². The van der Waals surface area contributed by atoms with Crippen LogP contribution in [0.25, 0.3) is 0 Å². The van der Waals surface area contributed by atoms with Gasteiger partial charge in [0.05, 0.1) is 0 Å². The highest BCUT2D eigenvalue weighted by Crippen LogP contribution is 2.33. The van der Waals surface area contributed by atoms with Gasteiger partial charge in [-0.1, -0.05) is 6.07 Å². The Morgan fingerprint density at radius 1 is 1.12 bits per heavy atom. The van der Waals surface area contributed by atoms with Crippen LogP contribution in [0.4, 0.5) is 10.5 Å². The number of rotatable bonds is 1. The lowest BCUT2D eigenvalue weighted by Gasteiger charge is -2.28. The molecule has 1 fully saturated rings. The van der Waals surface area contributed by atoms with Crippen molar-refractivity contribution in [3.63, 3.8) is 0 Å². The van der Waals surface area contributed by atoms with Gasteiger partial charge in [-0.15, -0.1) is 0 Å². The van der Waals surface area contributed by atoms with Gasteiger partial charge in [-0.25, -0.2) is 4.79 Å². The Labute approximate surface area is 143 Å². The highest BCUT2D eigenvalue weighted by molar-refractivity contribution is 5.95. The van der Waals surface area contributed by atoms with Crippen LogP contribution in [0.2, 0.25) is 0 Å². The van der Waals surface area contributed by atoms with Crippen LogP contribution in [-0.4, -0.2) is 29.0 Å². The van der Waals surface area contributed by atoms with Crippen LogP contribution in [0.3, 0.4) is 0 Å². The minimum absolute atomic E-state index is 0.200. The molecule has 0 aromatic heterocycles. The maximum absolute atomic E-state index is 12.3. The van der Waals surface area contributed by atoms with E-state index in [4.69, 9.17) is 4.74 Å². The normalized spacial score (nSPS) is 17.9. The third-order valence-corrected chi connectivity index (χ3v) is 4.51. The molecule has 1 saturated heterocycles. The van der Waals surface area contributed by atoms with E-state index in [2.05, 4.69) is 12.1 Å². The van der Waals surface area contributed by atoms with Crippen molar-refractivity contribution in [1.29, 1.82) is 0 Å². The van der Waals surface area contributed by atoms with Crippen LogP contribution in [0.15, 0.2) is 12.1 Å². The molecule has 0 saturated carbocycles. The number of hydrogen-bond donors (Lipinski definition) is 0. The van der Waals surface area contributed by atoms with Crippen LogP contribution < -0.4 is 4.90 Å². The number of ether oxygens (including phenoxy) is 1. The summed E-state index contributed by atoms with van der Waals surface area (Å²) in [5.41, 5.74) is 3.85. The zero-order valence-corrected chi connectivity index (χ0v) is 15.0. The fourth-order valence-electron chi connectivity index (χ4n) is 3.37. The summed E-state index contributed by atoms with van der Waals surface area (Å²) < 4.78 is 5.47. The molecular weight excluding hydrogens is 304 g/mol. The Balaban J connectivity index is 1.80.